The monoisotopic (exact) mass is 406 g/mol. The number of nitrogens with one attached hydrogen (secondary N) is 1. The van der Waals surface area contributed by atoms with Crippen molar-refractivity contribution >= 4 is 10.9 Å². The lowest BCUT2D eigenvalue weighted by atomic mass is 9.78. The fraction of sp³-hybridized carbons (Fsp3) is 0.333. The van der Waals surface area contributed by atoms with Gasteiger partial charge in [-0.2, -0.15) is 5.26 Å². The zero-order valence-corrected chi connectivity index (χ0v) is 17.2. The van der Waals surface area contributed by atoms with E-state index in [1.54, 1.807) is 6.07 Å². The lowest BCUT2D eigenvalue weighted by Crippen LogP contribution is -2.23. The predicted octanol–water partition coefficient (Wildman–Crippen LogP) is 2.85. The number of ether oxygens (including phenoxy) is 1. The van der Waals surface area contributed by atoms with Crippen molar-refractivity contribution < 1.29 is 14.9 Å². The van der Waals surface area contributed by atoms with E-state index < -0.39 is 11.5 Å². The average molecular weight is 406 g/mol. The van der Waals surface area contributed by atoms with Crippen LogP contribution in [0, 0.1) is 11.3 Å². The Morgan fingerprint density at radius 1 is 1.23 bits per heavy atom. The molecule has 2 aromatic carbocycles. The number of rotatable bonds is 8. The Morgan fingerprint density at radius 2 is 2.03 bits per heavy atom. The van der Waals surface area contributed by atoms with E-state index in [4.69, 9.17) is 9.84 Å². The zero-order valence-electron chi connectivity index (χ0n) is 17.2. The van der Waals surface area contributed by atoms with Gasteiger partial charge in [0.2, 0.25) is 0 Å². The SMILES string of the molecule is CCc1cc2ccc(C(C)(C#N)Cc3cccc(OC[C@@H](O)CO)c3)cc2[nH]c1=O. The topological polar surface area (TPSA) is 106 Å². The van der Waals surface area contributed by atoms with Crippen molar-refractivity contribution in [3.05, 3.63) is 75.6 Å². The van der Waals surface area contributed by atoms with Crippen molar-refractivity contribution in [1.82, 2.24) is 4.98 Å². The molecule has 0 aliphatic rings. The van der Waals surface area contributed by atoms with Gasteiger partial charge in [-0.1, -0.05) is 31.2 Å². The number of aromatic amines is 1. The first-order valence-corrected chi connectivity index (χ1v) is 9.97. The van der Waals surface area contributed by atoms with E-state index in [1.165, 1.54) is 0 Å². The summed E-state index contributed by atoms with van der Waals surface area (Å²) in [5, 5.41) is 29.3. The quantitative estimate of drug-likeness (QED) is 0.533. The van der Waals surface area contributed by atoms with Crippen molar-refractivity contribution in [1.29, 1.82) is 5.26 Å². The molecule has 0 amide bonds. The molecule has 1 unspecified atom stereocenters. The maximum Gasteiger partial charge on any atom is 0.251 e. The molecule has 0 aliphatic heterocycles. The number of aliphatic hydroxyl groups is 2. The molecule has 0 saturated carbocycles. The molecule has 0 aliphatic carbocycles. The Labute approximate surface area is 175 Å². The van der Waals surface area contributed by atoms with Gasteiger partial charge in [-0.05, 0) is 60.5 Å². The summed E-state index contributed by atoms with van der Waals surface area (Å²) in [5.74, 6) is 0.565. The van der Waals surface area contributed by atoms with Crippen LogP contribution in [0.15, 0.2) is 53.3 Å². The van der Waals surface area contributed by atoms with Gasteiger partial charge in [0, 0.05) is 11.1 Å². The van der Waals surface area contributed by atoms with Gasteiger partial charge in [-0.3, -0.25) is 4.79 Å². The molecule has 1 aromatic heterocycles. The molecule has 0 spiro atoms. The average Bonchev–Trinajstić information content (AvgIpc) is 2.76. The number of hydrogen-bond donors (Lipinski definition) is 3. The molecular formula is C24H26N2O4. The molecule has 0 fully saturated rings. The van der Waals surface area contributed by atoms with Crippen molar-refractivity contribution in [3.63, 3.8) is 0 Å². The molecule has 0 saturated heterocycles. The van der Waals surface area contributed by atoms with E-state index in [1.807, 2.05) is 56.3 Å². The third-order valence-corrected chi connectivity index (χ3v) is 5.30. The van der Waals surface area contributed by atoms with E-state index in [0.29, 0.717) is 24.1 Å². The van der Waals surface area contributed by atoms with Crippen LogP contribution in [0.5, 0.6) is 5.75 Å². The number of pyridine rings is 1. The van der Waals surface area contributed by atoms with E-state index >= 15 is 0 Å². The molecule has 30 heavy (non-hydrogen) atoms. The standard InChI is InChI=1S/C24H26N2O4/c1-3-17-10-18-7-8-19(11-22(18)26-23(17)29)24(2,15-25)12-16-5-4-6-21(9-16)30-14-20(28)13-27/h4-11,20,27-28H,3,12-14H2,1-2H3,(H,26,29)/t20-,24?/m0/s1. The van der Waals surface area contributed by atoms with Gasteiger partial charge in [0.05, 0.1) is 18.1 Å². The predicted molar refractivity (Wildman–Crippen MR) is 116 cm³/mol. The van der Waals surface area contributed by atoms with Crippen LogP contribution in [0.3, 0.4) is 0 Å². The lowest BCUT2D eigenvalue weighted by molar-refractivity contribution is 0.0536. The number of nitrogens with zero attached hydrogens (tertiary/aromatic N) is 1. The number of H-pyrrole nitrogens is 1. The zero-order chi connectivity index (χ0) is 21.7. The van der Waals surface area contributed by atoms with E-state index in [-0.39, 0.29) is 18.8 Å². The molecule has 0 radical (unpaired) electrons. The number of aryl methyl sites for hydroxylation is 1. The Balaban J connectivity index is 1.89. The number of fused-ring (bicyclic) bond motifs is 1. The summed E-state index contributed by atoms with van der Waals surface area (Å²) >= 11 is 0. The first-order chi connectivity index (χ1) is 14.4. The first-order valence-electron chi connectivity index (χ1n) is 9.97. The summed E-state index contributed by atoms with van der Waals surface area (Å²) in [6.07, 6.45) is 0.175. The van der Waals surface area contributed by atoms with E-state index in [9.17, 15) is 15.2 Å². The van der Waals surface area contributed by atoms with Crippen LogP contribution in [0.2, 0.25) is 0 Å². The molecule has 156 valence electrons. The highest BCUT2D eigenvalue weighted by atomic mass is 16.5. The Morgan fingerprint density at radius 3 is 2.73 bits per heavy atom. The van der Waals surface area contributed by atoms with Crippen molar-refractivity contribution in [2.24, 2.45) is 0 Å². The summed E-state index contributed by atoms with van der Waals surface area (Å²) in [6, 6.07) is 17.4. The van der Waals surface area contributed by atoms with Crippen LogP contribution in [0.4, 0.5) is 0 Å². The molecule has 1 heterocycles. The molecular weight excluding hydrogens is 380 g/mol. The van der Waals surface area contributed by atoms with Crippen molar-refractivity contribution in [2.45, 2.75) is 38.2 Å². The summed E-state index contributed by atoms with van der Waals surface area (Å²) < 4.78 is 5.51. The Hall–Kier alpha value is -3.14. The van der Waals surface area contributed by atoms with E-state index in [2.05, 4.69) is 11.1 Å². The largest absolute Gasteiger partial charge is 0.491 e. The maximum absolute atomic E-state index is 12.2. The molecule has 3 N–H and O–H groups in total. The van der Waals surface area contributed by atoms with Crippen LogP contribution in [-0.4, -0.2) is 34.5 Å². The lowest BCUT2D eigenvalue weighted by Gasteiger charge is -2.23. The fourth-order valence-electron chi connectivity index (χ4n) is 3.46. The third kappa shape index (κ3) is 4.70. The minimum Gasteiger partial charge on any atom is -0.491 e. The number of benzene rings is 2. The van der Waals surface area contributed by atoms with Crippen LogP contribution < -0.4 is 10.3 Å². The number of hydrogen-bond acceptors (Lipinski definition) is 5. The van der Waals surface area contributed by atoms with Gasteiger partial charge in [0.1, 0.15) is 18.5 Å². The summed E-state index contributed by atoms with van der Waals surface area (Å²) in [4.78, 5) is 15.1. The van der Waals surface area contributed by atoms with Gasteiger partial charge in [0.15, 0.2) is 0 Å². The second-order valence-electron chi connectivity index (χ2n) is 7.69. The first kappa shape index (κ1) is 21.6. The number of aromatic nitrogens is 1. The Kier molecular flexibility index (Phi) is 6.56. The van der Waals surface area contributed by atoms with Gasteiger partial charge in [-0.25, -0.2) is 0 Å². The fourth-order valence-corrected chi connectivity index (χ4v) is 3.46. The van der Waals surface area contributed by atoms with Crippen LogP contribution in [-0.2, 0) is 18.3 Å². The van der Waals surface area contributed by atoms with Gasteiger partial charge < -0.3 is 19.9 Å². The molecule has 6 heteroatoms. The second kappa shape index (κ2) is 9.12. The highest BCUT2D eigenvalue weighted by Gasteiger charge is 2.27. The minimum absolute atomic E-state index is 0.00669. The smallest absolute Gasteiger partial charge is 0.251 e. The molecule has 3 aromatic rings. The molecule has 0 bridgehead atoms. The molecule has 2 atom stereocenters. The van der Waals surface area contributed by atoms with Crippen LogP contribution in [0.25, 0.3) is 10.9 Å². The second-order valence-corrected chi connectivity index (χ2v) is 7.69. The summed E-state index contributed by atoms with van der Waals surface area (Å²) in [5.41, 5.74) is 2.27. The maximum atomic E-state index is 12.2. The summed E-state index contributed by atoms with van der Waals surface area (Å²) in [6.45, 7) is 3.44. The highest BCUT2D eigenvalue weighted by Crippen LogP contribution is 2.30. The van der Waals surface area contributed by atoms with Gasteiger partial charge in [0.25, 0.3) is 5.56 Å². The van der Waals surface area contributed by atoms with Crippen LogP contribution in [0.1, 0.15) is 30.5 Å². The molecule has 6 nitrogen and oxygen atoms in total. The number of nitriles is 1. The normalized spacial score (nSPS) is 14.1. The van der Waals surface area contributed by atoms with Gasteiger partial charge in [-0.15, -0.1) is 0 Å². The Bertz CT molecular complexity index is 1130. The minimum atomic E-state index is -0.939. The van der Waals surface area contributed by atoms with Gasteiger partial charge >= 0.3 is 0 Å². The number of aliphatic hydroxyl groups excluding tert-OH is 2. The molecule has 3 rings (SSSR count). The van der Waals surface area contributed by atoms with Crippen molar-refractivity contribution in [2.75, 3.05) is 13.2 Å². The summed E-state index contributed by atoms with van der Waals surface area (Å²) in [7, 11) is 0. The van der Waals surface area contributed by atoms with Crippen molar-refractivity contribution in [3.8, 4) is 11.8 Å². The van der Waals surface area contributed by atoms with E-state index in [0.717, 1.165) is 22.1 Å². The third-order valence-electron chi connectivity index (χ3n) is 5.30. The highest BCUT2D eigenvalue weighted by molar-refractivity contribution is 5.80. The van der Waals surface area contributed by atoms with Crippen LogP contribution >= 0.6 is 0 Å².